The number of rotatable bonds is 11. The number of aromatic nitrogens is 5. The van der Waals surface area contributed by atoms with Crippen molar-refractivity contribution in [2.75, 3.05) is 44.0 Å². The average molecular weight is 730 g/mol. The van der Waals surface area contributed by atoms with Gasteiger partial charge in [-0.1, -0.05) is 13.8 Å². The van der Waals surface area contributed by atoms with Crippen LogP contribution in [-0.4, -0.2) is 91.5 Å². The maximum atomic E-state index is 12.8. The second-order valence-corrected chi connectivity index (χ2v) is 18.0. The minimum absolute atomic E-state index is 0.00271. The molecule has 0 spiro atoms. The van der Waals surface area contributed by atoms with Gasteiger partial charge in [0.1, 0.15) is 5.82 Å². The second kappa shape index (κ2) is 13.4. The summed E-state index contributed by atoms with van der Waals surface area (Å²) in [7, 11) is 4.20. The molecule has 0 aromatic carbocycles. The minimum atomic E-state index is -1.08. The van der Waals surface area contributed by atoms with Crippen molar-refractivity contribution in [1.29, 1.82) is 0 Å². The molecule has 4 heterocycles. The number of pyridine rings is 1. The number of thiol groups is 1. The van der Waals surface area contributed by atoms with Gasteiger partial charge in [0.05, 0.1) is 18.4 Å². The van der Waals surface area contributed by atoms with E-state index in [-0.39, 0.29) is 33.6 Å². The average Bonchev–Trinajstić information content (AvgIpc) is 3.38. The van der Waals surface area contributed by atoms with Crippen molar-refractivity contribution < 1.29 is 14.6 Å². The number of fused-ring (bicyclic) bond motifs is 1. The zero-order valence-electron chi connectivity index (χ0n) is 32.1. The van der Waals surface area contributed by atoms with Gasteiger partial charge in [0.2, 0.25) is 0 Å². The van der Waals surface area contributed by atoms with Gasteiger partial charge in [0.15, 0.2) is 22.5 Å². The van der Waals surface area contributed by atoms with Crippen LogP contribution in [0, 0.1) is 30.1 Å². The SMILES string of the molecule is Cc1c(N/C(S)=N/C(C)C)nnc2c1CCCN2c1ccc(-c2cnn(C[C@]34C[C@]5(C)C[C@](C)(C3)C[C@@](OCCN(C)C)(C5)C4)c2C)c(C(=O)O)n1. The third kappa shape index (κ3) is 6.96. The number of amidine groups is 1. The van der Waals surface area contributed by atoms with Gasteiger partial charge < -0.3 is 25.0 Å². The van der Waals surface area contributed by atoms with Gasteiger partial charge in [-0.15, -0.1) is 22.8 Å². The Balaban J connectivity index is 1.16. The van der Waals surface area contributed by atoms with Gasteiger partial charge in [-0.05, 0) is 122 Å². The van der Waals surface area contributed by atoms with E-state index in [0.29, 0.717) is 34.7 Å². The second-order valence-electron chi connectivity index (χ2n) is 17.6. The van der Waals surface area contributed by atoms with E-state index in [4.69, 9.17) is 14.8 Å². The molecule has 4 atom stereocenters. The molecule has 4 bridgehead atoms. The quantitative estimate of drug-likeness (QED) is 0.108. The largest absolute Gasteiger partial charge is 0.476 e. The maximum absolute atomic E-state index is 12.8. The van der Waals surface area contributed by atoms with Crippen LogP contribution in [0.3, 0.4) is 0 Å². The minimum Gasteiger partial charge on any atom is -0.476 e. The number of carbonyl (C=O) groups is 1. The van der Waals surface area contributed by atoms with E-state index in [1.165, 1.54) is 6.42 Å². The first kappa shape index (κ1) is 36.8. The van der Waals surface area contributed by atoms with Gasteiger partial charge in [0, 0.05) is 53.6 Å². The molecular weight excluding hydrogens is 675 g/mol. The van der Waals surface area contributed by atoms with Crippen molar-refractivity contribution in [3.05, 3.63) is 40.8 Å². The molecule has 8 rings (SSSR count). The summed E-state index contributed by atoms with van der Waals surface area (Å²) in [6, 6.07) is 3.87. The van der Waals surface area contributed by atoms with Crippen molar-refractivity contribution in [1.82, 2.24) is 29.9 Å². The smallest absolute Gasteiger partial charge is 0.355 e. The molecule has 4 aliphatic carbocycles. The Morgan fingerprint density at radius 3 is 2.48 bits per heavy atom. The number of ether oxygens (including phenoxy) is 1. The van der Waals surface area contributed by atoms with Crippen molar-refractivity contribution in [3.8, 4) is 11.1 Å². The maximum Gasteiger partial charge on any atom is 0.355 e. The van der Waals surface area contributed by atoms with E-state index in [9.17, 15) is 9.90 Å². The fourth-order valence-electron chi connectivity index (χ4n) is 11.1. The topological polar surface area (TPSA) is 134 Å². The Morgan fingerprint density at radius 2 is 1.81 bits per heavy atom. The predicted molar refractivity (Wildman–Crippen MR) is 208 cm³/mol. The third-order valence-corrected chi connectivity index (χ3v) is 12.1. The van der Waals surface area contributed by atoms with Crippen LogP contribution < -0.4 is 10.2 Å². The fourth-order valence-corrected chi connectivity index (χ4v) is 11.4. The summed E-state index contributed by atoms with van der Waals surface area (Å²) in [5.74, 6) is 0.763. The van der Waals surface area contributed by atoms with E-state index in [0.717, 1.165) is 87.0 Å². The number of likely N-dealkylation sites (N-methyl/N-ethyl adjacent to an activating group) is 1. The molecule has 3 aromatic heterocycles. The third-order valence-electron chi connectivity index (χ3n) is 11.8. The Bertz CT molecular complexity index is 1890. The van der Waals surface area contributed by atoms with Gasteiger partial charge >= 0.3 is 5.97 Å². The number of hydrogen-bond donors (Lipinski definition) is 3. The van der Waals surface area contributed by atoms with Crippen molar-refractivity contribution in [3.63, 3.8) is 0 Å². The summed E-state index contributed by atoms with van der Waals surface area (Å²) in [5.41, 5.74) is 4.81. The summed E-state index contributed by atoms with van der Waals surface area (Å²) in [4.78, 5) is 26.2. The lowest BCUT2D eigenvalue weighted by Gasteiger charge is -2.69. The lowest BCUT2D eigenvalue weighted by atomic mass is 9.39. The highest BCUT2D eigenvalue weighted by molar-refractivity contribution is 7.97. The van der Waals surface area contributed by atoms with E-state index >= 15 is 0 Å². The Labute approximate surface area is 313 Å². The summed E-state index contributed by atoms with van der Waals surface area (Å²) in [5, 5.41) is 28.1. The van der Waals surface area contributed by atoms with E-state index in [1.54, 1.807) is 0 Å². The number of hydrogen-bond acceptors (Lipinski definition) is 9. The van der Waals surface area contributed by atoms with Crippen molar-refractivity contribution in [2.24, 2.45) is 21.2 Å². The number of aromatic carboxylic acids is 1. The van der Waals surface area contributed by atoms with Gasteiger partial charge in [-0.25, -0.2) is 9.78 Å². The summed E-state index contributed by atoms with van der Waals surface area (Å²) >= 11 is 4.47. The van der Waals surface area contributed by atoms with Crippen molar-refractivity contribution >= 4 is 41.2 Å². The molecule has 52 heavy (non-hydrogen) atoms. The van der Waals surface area contributed by atoms with Crippen LogP contribution in [0.5, 0.6) is 0 Å². The Kier molecular flexibility index (Phi) is 9.47. The molecule has 4 saturated carbocycles. The molecule has 0 unspecified atom stereocenters. The first-order chi connectivity index (χ1) is 24.5. The van der Waals surface area contributed by atoms with E-state index in [2.05, 4.69) is 77.6 Å². The number of nitrogens with one attached hydrogen (secondary N) is 1. The molecule has 280 valence electrons. The molecule has 0 saturated heterocycles. The monoisotopic (exact) mass is 729 g/mol. The Hall–Kier alpha value is -3.55. The standard InChI is InChI=1S/C39H55N9O3S/c1-24(2)41-35(52)43-32-25(3)27-10-9-13-47(33(27)45-44-32)30-12-11-28(31(42-30)34(49)50)29-16-40-48(26(29)4)23-38-18-36(5)17-37(6,19-38)21-39(20-36,22-38)51-15-14-46(7)8/h11-12,16,24H,9-10,13-15,17-23H2,1-8H3,(H,49,50)(H2,41,43,44,52)/t36-,37+,38+,39-. The molecule has 5 aliphatic rings. The fraction of sp³-hybridized carbons (Fsp3) is 0.641. The van der Waals surface area contributed by atoms with Gasteiger partial charge in [-0.2, -0.15) is 5.10 Å². The highest BCUT2D eigenvalue weighted by atomic mass is 32.1. The van der Waals surface area contributed by atoms with Crippen LogP contribution >= 0.6 is 12.6 Å². The molecule has 13 heteroatoms. The lowest BCUT2D eigenvalue weighted by Crippen LogP contribution is -2.64. The summed E-state index contributed by atoms with van der Waals surface area (Å²) in [6.45, 7) is 16.1. The van der Waals surface area contributed by atoms with E-state index < -0.39 is 5.97 Å². The zero-order chi connectivity index (χ0) is 37.2. The zero-order valence-corrected chi connectivity index (χ0v) is 33.0. The number of carboxylic acids is 1. The molecule has 3 aromatic rings. The van der Waals surface area contributed by atoms with Crippen LogP contribution in [0.2, 0.25) is 0 Å². The highest BCUT2D eigenvalue weighted by Gasteiger charge is 2.66. The van der Waals surface area contributed by atoms with Gasteiger partial charge in [0.25, 0.3) is 0 Å². The lowest BCUT2D eigenvalue weighted by molar-refractivity contribution is -0.248. The van der Waals surface area contributed by atoms with Crippen LogP contribution in [0.25, 0.3) is 11.1 Å². The summed E-state index contributed by atoms with van der Waals surface area (Å²) in [6.07, 6.45) is 10.4. The van der Waals surface area contributed by atoms with Crippen molar-refractivity contribution in [2.45, 2.75) is 111 Å². The first-order valence-corrected chi connectivity index (χ1v) is 19.2. The number of carboxylic acid groups (broad SMARTS) is 1. The van der Waals surface area contributed by atoms with Gasteiger partial charge in [-0.3, -0.25) is 9.67 Å². The van der Waals surface area contributed by atoms with Crippen LogP contribution in [0.4, 0.5) is 17.5 Å². The predicted octanol–water partition coefficient (Wildman–Crippen LogP) is 6.94. The molecule has 0 radical (unpaired) electrons. The summed E-state index contributed by atoms with van der Waals surface area (Å²) < 4.78 is 8.97. The van der Waals surface area contributed by atoms with Crippen LogP contribution in [0.15, 0.2) is 23.3 Å². The molecule has 2 N–H and O–H groups in total. The number of aliphatic imine (C=N–C) groups is 1. The molecule has 12 nitrogen and oxygen atoms in total. The number of anilines is 3. The van der Waals surface area contributed by atoms with Crippen LogP contribution in [0.1, 0.15) is 99.9 Å². The normalized spacial score (nSPS) is 28.2. The van der Waals surface area contributed by atoms with E-state index in [1.807, 2.05) is 44.0 Å². The molecule has 4 fully saturated rings. The molecular formula is C39H55N9O3S. The first-order valence-electron chi connectivity index (χ1n) is 18.7. The Morgan fingerprint density at radius 1 is 1.08 bits per heavy atom. The molecule has 0 amide bonds. The highest BCUT2D eigenvalue weighted by Crippen LogP contribution is 2.72. The number of nitrogens with zero attached hydrogens (tertiary/aromatic N) is 8. The van der Waals surface area contributed by atoms with Crippen LogP contribution in [-0.2, 0) is 17.7 Å². The molecule has 1 aliphatic heterocycles.